The van der Waals surface area contributed by atoms with Gasteiger partial charge in [0.2, 0.25) is 23.6 Å². The van der Waals surface area contributed by atoms with Gasteiger partial charge in [0, 0.05) is 67.1 Å². The zero-order chi connectivity index (χ0) is 40.2. The van der Waals surface area contributed by atoms with Crippen LogP contribution in [0.2, 0.25) is 0 Å². The van der Waals surface area contributed by atoms with E-state index in [0.717, 1.165) is 27.0 Å². The van der Waals surface area contributed by atoms with Crippen LogP contribution in [-0.4, -0.2) is 104 Å². The van der Waals surface area contributed by atoms with Gasteiger partial charge in [-0.25, -0.2) is 14.8 Å². The molecule has 17 nitrogen and oxygen atoms in total. The average molecular weight is 770 g/mol. The van der Waals surface area contributed by atoms with Gasteiger partial charge in [0.1, 0.15) is 12.1 Å². The molecule has 0 aliphatic carbocycles. The van der Waals surface area contributed by atoms with Gasteiger partial charge in [-0.05, 0) is 43.0 Å². The highest BCUT2D eigenvalue weighted by Gasteiger charge is 2.40. The van der Waals surface area contributed by atoms with Crippen LogP contribution in [0, 0.1) is 5.92 Å². The van der Waals surface area contributed by atoms with Crippen molar-refractivity contribution in [3.05, 3.63) is 90.1 Å². The second kappa shape index (κ2) is 19.5. The molecule has 1 aliphatic heterocycles. The molecule has 56 heavy (non-hydrogen) atoms. The number of primary amides is 1. The van der Waals surface area contributed by atoms with Crippen molar-refractivity contribution in [2.75, 3.05) is 19.6 Å². The SMILES string of the molecule is C[C@H](CC(=O)[C@@H](Cc1c[nH]c2ccccc12)NC(=O)[C@@H](N)Cc1cnc[nH]1)C(=O)NN1CCN([C@H](Cc2ccccc2)C(=O)N[C@@H](CCCCN)C(N)=O)C1=O. The minimum absolute atomic E-state index is 0.0625. The van der Waals surface area contributed by atoms with E-state index in [-0.39, 0.29) is 38.8 Å². The molecule has 17 heteroatoms. The van der Waals surface area contributed by atoms with Gasteiger partial charge in [-0.15, -0.1) is 0 Å². The van der Waals surface area contributed by atoms with Crippen LogP contribution in [0.3, 0.4) is 0 Å². The average Bonchev–Trinajstić information content (AvgIpc) is 3.94. The first-order chi connectivity index (χ1) is 26.9. The first kappa shape index (κ1) is 41.1. The van der Waals surface area contributed by atoms with Crippen LogP contribution < -0.4 is 33.3 Å². The smallest absolute Gasteiger partial charge is 0.339 e. The van der Waals surface area contributed by atoms with E-state index in [1.54, 1.807) is 19.3 Å². The largest absolute Gasteiger partial charge is 0.368 e. The number of hydrogen-bond donors (Lipinski definition) is 8. The van der Waals surface area contributed by atoms with E-state index in [4.69, 9.17) is 17.2 Å². The number of carbonyl (C=O) groups excluding carboxylic acids is 6. The molecule has 2 aromatic carbocycles. The lowest BCUT2D eigenvalue weighted by Crippen LogP contribution is -2.55. The Balaban J connectivity index is 1.25. The summed E-state index contributed by atoms with van der Waals surface area (Å²) in [5.41, 5.74) is 23.1. The quantitative estimate of drug-likeness (QED) is 0.0550. The van der Waals surface area contributed by atoms with Crippen LogP contribution in [0.1, 0.15) is 49.4 Å². The summed E-state index contributed by atoms with van der Waals surface area (Å²) in [6.45, 7) is 2.15. The predicted molar refractivity (Wildman–Crippen MR) is 208 cm³/mol. The molecule has 5 atom stereocenters. The van der Waals surface area contributed by atoms with Crippen molar-refractivity contribution in [2.24, 2.45) is 23.1 Å². The molecular weight excluding hydrogens is 718 g/mol. The van der Waals surface area contributed by atoms with Crippen LogP contribution in [0.5, 0.6) is 0 Å². The number of nitrogens with zero attached hydrogens (tertiary/aromatic N) is 3. The highest BCUT2D eigenvalue weighted by atomic mass is 16.2. The number of H-pyrrole nitrogens is 2. The molecular formula is C39H51N11O6. The van der Waals surface area contributed by atoms with E-state index in [1.165, 1.54) is 11.2 Å². The number of nitrogens with one attached hydrogen (secondary N) is 5. The normalized spacial score (nSPS) is 15.5. The molecule has 0 radical (unpaired) electrons. The van der Waals surface area contributed by atoms with Gasteiger partial charge < -0.3 is 42.7 Å². The lowest BCUT2D eigenvalue weighted by atomic mass is 9.94. The number of carbonyl (C=O) groups is 6. The summed E-state index contributed by atoms with van der Waals surface area (Å²) in [6.07, 6.45) is 6.57. The fraction of sp³-hybridized carbons (Fsp3) is 0.410. The highest BCUT2D eigenvalue weighted by molar-refractivity contribution is 5.95. The molecule has 2 aromatic heterocycles. The van der Waals surface area contributed by atoms with Crippen molar-refractivity contribution >= 4 is 46.3 Å². The third kappa shape index (κ3) is 10.8. The van der Waals surface area contributed by atoms with E-state index in [2.05, 4.69) is 31.0 Å². The third-order valence-corrected chi connectivity index (χ3v) is 9.93. The van der Waals surface area contributed by atoms with Gasteiger partial charge in [0.25, 0.3) is 0 Å². The molecule has 0 unspecified atom stereocenters. The maximum absolute atomic E-state index is 13.9. The Bertz CT molecular complexity index is 1970. The van der Waals surface area contributed by atoms with Gasteiger partial charge in [-0.2, -0.15) is 0 Å². The number of ketones is 1. The maximum Gasteiger partial charge on any atom is 0.339 e. The number of aromatic nitrogens is 3. The van der Waals surface area contributed by atoms with Gasteiger partial charge in [0.15, 0.2) is 5.78 Å². The lowest BCUT2D eigenvalue weighted by molar-refractivity contribution is -0.133. The number of benzene rings is 2. The number of Topliss-reactive ketones (excluding diaryl/α,β-unsaturated/α-hetero) is 1. The van der Waals surface area contributed by atoms with Crippen LogP contribution in [-0.2, 0) is 43.2 Å². The minimum Gasteiger partial charge on any atom is -0.368 e. The molecule has 1 saturated heterocycles. The van der Waals surface area contributed by atoms with Crippen molar-refractivity contribution in [1.82, 2.24) is 40.9 Å². The Labute approximate surface area is 324 Å². The van der Waals surface area contributed by atoms with Crippen LogP contribution in [0.4, 0.5) is 4.79 Å². The third-order valence-electron chi connectivity index (χ3n) is 9.93. The number of imidazole rings is 1. The second-order valence-electron chi connectivity index (χ2n) is 14.1. The number of fused-ring (bicyclic) bond motifs is 1. The van der Waals surface area contributed by atoms with Crippen molar-refractivity contribution in [3.8, 4) is 0 Å². The monoisotopic (exact) mass is 769 g/mol. The zero-order valence-corrected chi connectivity index (χ0v) is 31.4. The van der Waals surface area contributed by atoms with E-state index < -0.39 is 65.5 Å². The number of urea groups is 1. The summed E-state index contributed by atoms with van der Waals surface area (Å²) in [4.78, 5) is 91.7. The summed E-state index contributed by atoms with van der Waals surface area (Å²) >= 11 is 0. The Kier molecular flexibility index (Phi) is 14.3. The number of amides is 6. The van der Waals surface area contributed by atoms with Gasteiger partial charge in [-0.3, -0.25) is 29.4 Å². The van der Waals surface area contributed by atoms with E-state index in [9.17, 15) is 28.8 Å². The van der Waals surface area contributed by atoms with Crippen LogP contribution in [0.15, 0.2) is 73.3 Å². The predicted octanol–water partition coefficient (Wildman–Crippen LogP) is 0.563. The highest BCUT2D eigenvalue weighted by Crippen LogP contribution is 2.21. The lowest BCUT2D eigenvalue weighted by Gasteiger charge is -2.29. The van der Waals surface area contributed by atoms with E-state index in [0.29, 0.717) is 31.5 Å². The second-order valence-corrected chi connectivity index (χ2v) is 14.1. The Morgan fingerprint density at radius 1 is 0.875 bits per heavy atom. The fourth-order valence-corrected chi connectivity index (χ4v) is 6.73. The standard InChI is InChI=1S/C39H51N11O6/c1-24(17-34(51)32(19-26-21-44-30-12-6-5-11-28(26)30)47-37(54)29(41)20-27-22-43-23-45-27)36(53)48-50-16-15-49(39(50)56)33(18-25-9-3-2-4-10-25)38(55)46-31(35(42)52)13-7-8-14-40/h2-6,9-12,21-24,29,31-33,44H,7-8,13-20,40-41H2,1H3,(H2,42,52)(H,43,45)(H,46,55)(H,47,54)(H,48,53)/t24-,29+,31+,32-,33-/m1/s1. The first-order valence-corrected chi connectivity index (χ1v) is 18.8. The molecule has 298 valence electrons. The molecule has 3 heterocycles. The number of hydrazine groups is 1. The van der Waals surface area contributed by atoms with Gasteiger partial charge >= 0.3 is 6.03 Å². The minimum atomic E-state index is -1.02. The molecule has 1 aliphatic rings. The Morgan fingerprint density at radius 3 is 2.32 bits per heavy atom. The van der Waals surface area contributed by atoms with Crippen LogP contribution >= 0.6 is 0 Å². The van der Waals surface area contributed by atoms with Gasteiger partial charge in [0.05, 0.1) is 25.0 Å². The topological polar surface area (TPSA) is 268 Å². The van der Waals surface area contributed by atoms with Gasteiger partial charge in [-0.1, -0.05) is 55.5 Å². The van der Waals surface area contributed by atoms with Crippen molar-refractivity contribution in [1.29, 1.82) is 0 Å². The number of aromatic amines is 2. The number of para-hydroxylation sites is 1. The summed E-state index contributed by atoms with van der Waals surface area (Å²) in [5.74, 6) is -3.69. The zero-order valence-electron chi connectivity index (χ0n) is 31.4. The van der Waals surface area contributed by atoms with Crippen molar-refractivity contribution in [3.63, 3.8) is 0 Å². The molecule has 4 aromatic rings. The van der Waals surface area contributed by atoms with Crippen molar-refractivity contribution < 1.29 is 28.8 Å². The summed E-state index contributed by atoms with van der Waals surface area (Å²) in [6, 6.07) is 12.1. The van der Waals surface area contributed by atoms with E-state index >= 15 is 0 Å². The summed E-state index contributed by atoms with van der Waals surface area (Å²) in [5, 5.41) is 7.52. The molecule has 5 rings (SSSR count). The summed E-state index contributed by atoms with van der Waals surface area (Å²) < 4.78 is 0. The van der Waals surface area contributed by atoms with Crippen molar-refractivity contribution in [2.45, 2.75) is 76.0 Å². The maximum atomic E-state index is 13.9. The number of nitrogens with two attached hydrogens (primary N) is 3. The Hall–Kier alpha value is -6.07. The molecule has 0 spiro atoms. The van der Waals surface area contributed by atoms with Crippen LogP contribution in [0.25, 0.3) is 10.9 Å². The fourth-order valence-electron chi connectivity index (χ4n) is 6.73. The number of hydrogen-bond acceptors (Lipinski definition) is 9. The molecule has 1 fully saturated rings. The summed E-state index contributed by atoms with van der Waals surface area (Å²) in [7, 11) is 0. The molecule has 11 N–H and O–H groups in total. The first-order valence-electron chi connectivity index (χ1n) is 18.8. The van der Waals surface area contributed by atoms with E-state index in [1.807, 2.05) is 54.6 Å². The Morgan fingerprint density at radius 2 is 1.61 bits per heavy atom. The molecule has 0 saturated carbocycles. The number of rotatable bonds is 21. The molecule has 0 bridgehead atoms. The number of unbranched alkanes of at least 4 members (excludes halogenated alkanes) is 1. The molecule has 6 amide bonds.